The van der Waals surface area contributed by atoms with Crippen molar-refractivity contribution < 1.29 is 19.6 Å². The Morgan fingerprint density at radius 1 is 1.50 bits per heavy atom. The molecule has 0 radical (unpaired) electrons. The molecule has 1 atom stereocenters. The summed E-state index contributed by atoms with van der Waals surface area (Å²) in [5.41, 5.74) is -0.00881. The Kier molecular flexibility index (Phi) is 5.86. The lowest BCUT2D eigenvalue weighted by atomic mass is 10.1. The van der Waals surface area contributed by atoms with E-state index in [9.17, 15) is 19.7 Å². The smallest absolute Gasteiger partial charge is 0.305 e. The van der Waals surface area contributed by atoms with Crippen molar-refractivity contribution in [3.05, 3.63) is 37.4 Å². The van der Waals surface area contributed by atoms with Crippen LogP contribution >= 0.6 is 22.6 Å². The molecule has 0 spiro atoms. The molecule has 0 aliphatic heterocycles. The average Bonchev–Trinajstić information content (AvgIpc) is 2.37. The van der Waals surface area contributed by atoms with Gasteiger partial charge in [0.15, 0.2) is 0 Å². The van der Waals surface area contributed by atoms with Crippen LogP contribution in [0.2, 0.25) is 0 Å². The highest BCUT2D eigenvalue weighted by Gasteiger charge is 2.19. The minimum atomic E-state index is -1.01. The summed E-state index contributed by atoms with van der Waals surface area (Å²) in [7, 11) is 0. The summed E-state index contributed by atoms with van der Waals surface area (Å²) >= 11 is 1.90. The second-order valence-corrected chi connectivity index (χ2v) is 5.26. The molecule has 2 N–H and O–H groups in total. The molecule has 0 saturated heterocycles. The van der Waals surface area contributed by atoms with Gasteiger partial charge in [-0.25, -0.2) is 0 Å². The van der Waals surface area contributed by atoms with Crippen LogP contribution in [0.3, 0.4) is 0 Å². The molecule has 0 bridgehead atoms. The third kappa shape index (κ3) is 4.44. The van der Waals surface area contributed by atoms with Gasteiger partial charge < -0.3 is 10.4 Å². The monoisotopic (exact) mass is 392 g/mol. The van der Waals surface area contributed by atoms with Crippen molar-refractivity contribution in [1.29, 1.82) is 0 Å². The number of carbonyl (C=O) groups is 2. The number of aliphatic carboxylic acids is 1. The van der Waals surface area contributed by atoms with Crippen LogP contribution in [0.1, 0.15) is 30.1 Å². The molecule has 1 rings (SSSR count). The minimum Gasteiger partial charge on any atom is -0.481 e. The Morgan fingerprint density at radius 2 is 2.15 bits per heavy atom. The second kappa shape index (κ2) is 7.17. The summed E-state index contributed by atoms with van der Waals surface area (Å²) in [6, 6.07) is 3.47. The van der Waals surface area contributed by atoms with Gasteiger partial charge in [0.2, 0.25) is 0 Å². The number of benzene rings is 1. The SMILES string of the molecule is CCC(CC(=O)O)NC(=O)c1cc([N+](=O)[O-])ccc1I. The lowest BCUT2D eigenvalue weighted by Gasteiger charge is -2.15. The van der Waals surface area contributed by atoms with Gasteiger partial charge in [-0.1, -0.05) is 6.92 Å². The van der Waals surface area contributed by atoms with E-state index in [1.54, 1.807) is 6.92 Å². The highest BCUT2D eigenvalue weighted by atomic mass is 127. The van der Waals surface area contributed by atoms with Crippen LogP contribution in [0.15, 0.2) is 18.2 Å². The fraction of sp³-hybridized carbons (Fsp3) is 0.333. The van der Waals surface area contributed by atoms with Crippen LogP contribution in [0, 0.1) is 13.7 Å². The van der Waals surface area contributed by atoms with E-state index >= 15 is 0 Å². The Morgan fingerprint density at radius 3 is 2.65 bits per heavy atom. The van der Waals surface area contributed by atoms with Gasteiger partial charge in [-0.3, -0.25) is 19.7 Å². The lowest BCUT2D eigenvalue weighted by molar-refractivity contribution is -0.384. The van der Waals surface area contributed by atoms with Crippen LogP contribution in [0.4, 0.5) is 5.69 Å². The minimum absolute atomic E-state index is 0.170. The van der Waals surface area contributed by atoms with Crippen molar-refractivity contribution in [1.82, 2.24) is 5.32 Å². The molecule has 7 nitrogen and oxygen atoms in total. The van der Waals surface area contributed by atoms with E-state index in [0.29, 0.717) is 9.99 Å². The van der Waals surface area contributed by atoms with Crippen LogP contribution < -0.4 is 5.32 Å². The molecule has 0 saturated carbocycles. The molecule has 1 aromatic carbocycles. The Hall–Kier alpha value is -1.71. The zero-order chi connectivity index (χ0) is 15.3. The summed E-state index contributed by atoms with van der Waals surface area (Å²) in [6.07, 6.45) is 0.275. The summed E-state index contributed by atoms with van der Waals surface area (Å²) < 4.78 is 0.566. The Labute approximate surface area is 128 Å². The first kappa shape index (κ1) is 16.3. The van der Waals surface area contributed by atoms with E-state index in [1.165, 1.54) is 18.2 Å². The number of amides is 1. The predicted octanol–water partition coefficient (Wildman–Crippen LogP) is 2.18. The number of hydrogen-bond acceptors (Lipinski definition) is 4. The molecule has 1 aromatic rings. The number of hydrogen-bond donors (Lipinski definition) is 2. The third-order valence-electron chi connectivity index (χ3n) is 2.65. The molecule has 8 heteroatoms. The van der Waals surface area contributed by atoms with Crippen molar-refractivity contribution in [3.63, 3.8) is 0 Å². The van der Waals surface area contributed by atoms with Gasteiger partial charge >= 0.3 is 5.97 Å². The number of nitrogens with one attached hydrogen (secondary N) is 1. The maximum absolute atomic E-state index is 12.1. The quantitative estimate of drug-likeness (QED) is 0.438. The van der Waals surface area contributed by atoms with Gasteiger partial charge in [0.25, 0.3) is 11.6 Å². The number of nitro benzene ring substituents is 1. The number of nitrogens with zero attached hydrogens (tertiary/aromatic N) is 1. The molecular formula is C12H13IN2O5. The number of nitro groups is 1. The summed E-state index contributed by atoms with van der Waals surface area (Å²) in [4.78, 5) is 32.8. The molecule has 108 valence electrons. The van der Waals surface area contributed by atoms with Crippen molar-refractivity contribution in [3.8, 4) is 0 Å². The molecule has 0 aliphatic rings. The third-order valence-corrected chi connectivity index (χ3v) is 3.60. The first-order valence-corrected chi connectivity index (χ1v) is 6.89. The zero-order valence-electron chi connectivity index (χ0n) is 10.6. The molecule has 1 amide bonds. The van der Waals surface area contributed by atoms with E-state index in [4.69, 9.17) is 5.11 Å². The van der Waals surface area contributed by atoms with Crippen molar-refractivity contribution in [2.75, 3.05) is 0 Å². The standard InChI is InChI=1S/C12H13IN2O5/c1-2-7(5-11(16)17)14-12(18)9-6-8(15(19)20)3-4-10(9)13/h3-4,6-7H,2,5H2,1H3,(H,14,18)(H,16,17). The number of non-ortho nitro benzene ring substituents is 1. The van der Waals surface area contributed by atoms with Crippen LogP contribution in [0.5, 0.6) is 0 Å². The van der Waals surface area contributed by atoms with Crippen molar-refractivity contribution >= 4 is 40.2 Å². The van der Waals surface area contributed by atoms with E-state index in [2.05, 4.69) is 5.32 Å². The molecule has 1 unspecified atom stereocenters. The van der Waals surface area contributed by atoms with Gasteiger partial charge in [0.05, 0.1) is 16.9 Å². The van der Waals surface area contributed by atoms with Gasteiger partial charge in [0, 0.05) is 21.7 Å². The average molecular weight is 392 g/mol. The molecule has 0 fully saturated rings. The Balaban J connectivity index is 2.93. The van der Waals surface area contributed by atoms with Gasteiger partial charge in [-0.15, -0.1) is 0 Å². The first-order valence-electron chi connectivity index (χ1n) is 5.81. The number of carboxylic acid groups (broad SMARTS) is 1. The summed E-state index contributed by atoms with van der Waals surface area (Å²) in [6.45, 7) is 1.76. The topological polar surface area (TPSA) is 110 Å². The van der Waals surface area contributed by atoms with Gasteiger partial charge in [-0.05, 0) is 35.1 Å². The molecule has 20 heavy (non-hydrogen) atoms. The highest BCUT2D eigenvalue weighted by Crippen LogP contribution is 2.19. The van der Waals surface area contributed by atoms with E-state index in [1.807, 2.05) is 22.6 Å². The van der Waals surface area contributed by atoms with Crippen molar-refractivity contribution in [2.45, 2.75) is 25.8 Å². The number of carboxylic acids is 1. The van der Waals surface area contributed by atoms with E-state index in [0.717, 1.165) is 0 Å². The second-order valence-electron chi connectivity index (χ2n) is 4.10. The van der Waals surface area contributed by atoms with Crippen LogP contribution in [-0.2, 0) is 4.79 Å². The predicted molar refractivity (Wildman–Crippen MR) is 79.6 cm³/mol. The molecule has 0 aliphatic carbocycles. The maximum atomic E-state index is 12.1. The fourth-order valence-corrected chi connectivity index (χ4v) is 2.15. The lowest BCUT2D eigenvalue weighted by Crippen LogP contribution is -2.36. The Bertz CT molecular complexity index is 547. The number of rotatable bonds is 6. The van der Waals surface area contributed by atoms with Crippen LogP contribution in [-0.4, -0.2) is 27.9 Å². The normalized spacial score (nSPS) is 11.7. The summed E-state index contributed by atoms with van der Waals surface area (Å²) in [5.74, 6) is -1.52. The molecular weight excluding hydrogens is 379 g/mol. The molecule has 0 heterocycles. The highest BCUT2D eigenvalue weighted by molar-refractivity contribution is 14.1. The maximum Gasteiger partial charge on any atom is 0.305 e. The first-order chi connectivity index (χ1) is 9.35. The zero-order valence-corrected chi connectivity index (χ0v) is 12.8. The number of halogens is 1. The van der Waals surface area contributed by atoms with Gasteiger partial charge in [-0.2, -0.15) is 0 Å². The van der Waals surface area contributed by atoms with Crippen LogP contribution in [0.25, 0.3) is 0 Å². The van der Waals surface area contributed by atoms with Crippen molar-refractivity contribution in [2.24, 2.45) is 0 Å². The fourth-order valence-electron chi connectivity index (χ4n) is 1.57. The van der Waals surface area contributed by atoms with Gasteiger partial charge in [0.1, 0.15) is 0 Å². The van der Waals surface area contributed by atoms with E-state index < -0.39 is 22.8 Å². The summed E-state index contributed by atoms with van der Waals surface area (Å²) in [5, 5.41) is 22.0. The molecule has 0 aromatic heterocycles. The number of carbonyl (C=O) groups excluding carboxylic acids is 1. The van der Waals surface area contributed by atoms with E-state index in [-0.39, 0.29) is 17.7 Å². The largest absolute Gasteiger partial charge is 0.481 e.